The Morgan fingerprint density at radius 3 is 2.91 bits per heavy atom. The van der Waals surface area contributed by atoms with Gasteiger partial charge in [-0.2, -0.15) is 0 Å². The molecule has 0 fully saturated rings. The number of nitrogens with zero attached hydrogens (tertiary/aromatic N) is 3. The predicted octanol–water partition coefficient (Wildman–Crippen LogP) is 2.55. The van der Waals surface area contributed by atoms with Gasteiger partial charge in [0, 0.05) is 17.4 Å². The van der Waals surface area contributed by atoms with Crippen LogP contribution in [0.5, 0.6) is 0 Å². The van der Waals surface area contributed by atoms with Crippen molar-refractivity contribution in [1.29, 1.82) is 0 Å². The molecule has 3 rings (SSSR count). The lowest BCUT2D eigenvalue weighted by atomic mass is 10.1. The highest BCUT2D eigenvalue weighted by atomic mass is 79.9. The first-order chi connectivity index (χ1) is 10.6. The normalized spacial score (nSPS) is 14.5. The summed E-state index contributed by atoms with van der Waals surface area (Å²) >= 11 is 3.40. The Kier molecular flexibility index (Phi) is 4.42. The highest BCUT2D eigenvalue weighted by molar-refractivity contribution is 9.10. The molecule has 0 radical (unpaired) electrons. The number of hydrogen-bond donors (Lipinski definition) is 2. The number of carbonyl (C=O) groups is 1. The fourth-order valence-corrected chi connectivity index (χ4v) is 2.85. The van der Waals surface area contributed by atoms with Gasteiger partial charge in [0.15, 0.2) is 5.82 Å². The van der Waals surface area contributed by atoms with E-state index in [1.807, 2.05) is 31.2 Å². The van der Waals surface area contributed by atoms with Crippen molar-refractivity contribution in [2.24, 2.45) is 0 Å². The van der Waals surface area contributed by atoms with E-state index in [1.165, 1.54) is 0 Å². The van der Waals surface area contributed by atoms with Gasteiger partial charge in [-0.3, -0.25) is 0 Å². The van der Waals surface area contributed by atoms with Crippen molar-refractivity contribution in [2.45, 2.75) is 38.9 Å². The summed E-state index contributed by atoms with van der Waals surface area (Å²) in [5.41, 5.74) is 1.06. The molecule has 2 heterocycles. The summed E-state index contributed by atoms with van der Waals surface area (Å²) < 4.78 is 3.10. The second-order valence-corrected chi connectivity index (χ2v) is 6.30. The zero-order valence-electron chi connectivity index (χ0n) is 12.3. The number of aryl methyl sites for hydroxylation is 1. The van der Waals surface area contributed by atoms with Crippen LogP contribution in [0.3, 0.4) is 0 Å². The first-order valence-electron chi connectivity index (χ1n) is 7.34. The van der Waals surface area contributed by atoms with Crippen LogP contribution in [-0.4, -0.2) is 20.8 Å². The Bertz CT molecular complexity index is 667. The lowest BCUT2D eigenvalue weighted by Crippen LogP contribution is -2.37. The number of benzene rings is 1. The van der Waals surface area contributed by atoms with Gasteiger partial charge in [0.1, 0.15) is 5.82 Å². The number of halogens is 1. The summed E-state index contributed by atoms with van der Waals surface area (Å²) in [4.78, 5) is 12.0. The smallest absolute Gasteiger partial charge is 0.315 e. The van der Waals surface area contributed by atoms with Gasteiger partial charge >= 0.3 is 6.03 Å². The molecule has 7 heteroatoms. The summed E-state index contributed by atoms with van der Waals surface area (Å²) in [6, 6.07) is 7.64. The van der Waals surface area contributed by atoms with E-state index in [-0.39, 0.29) is 12.1 Å². The lowest BCUT2D eigenvalue weighted by molar-refractivity contribution is 0.237. The number of fused-ring (bicyclic) bond motifs is 1. The molecule has 1 aromatic heterocycles. The summed E-state index contributed by atoms with van der Waals surface area (Å²) in [6.07, 6.45) is 2.07. The highest BCUT2D eigenvalue weighted by Gasteiger charge is 2.17. The van der Waals surface area contributed by atoms with E-state index in [0.29, 0.717) is 6.54 Å². The van der Waals surface area contributed by atoms with E-state index >= 15 is 0 Å². The van der Waals surface area contributed by atoms with Crippen LogP contribution in [0.25, 0.3) is 0 Å². The van der Waals surface area contributed by atoms with Gasteiger partial charge in [-0.05, 0) is 31.0 Å². The first-order valence-corrected chi connectivity index (χ1v) is 8.13. The summed E-state index contributed by atoms with van der Waals surface area (Å²) in [5.74, 6) is 1.83. The van der Waals surface area contributed by atoms with E-state index in [2.05, 4.69) is 41.3 Å². The molecule has 1 unspecified atom stereocenters. The third-order valence-corrected chi connectivity index (χ3v) is 4.34. The van der Waals surface area contributed by atoms with Gasteiger partial charge in [0.25, 0.3) is 0 Å². The minimum atomic E-state index is -0.203. The average molecular weight is 364 g/mol. The zero-order chi connectivity index (χ0) is 15.5. The Balaban J connectivity index is 1.53. The fourth-order valence-electron chi connectivity index (χ4n) is 2.58. The van der Waals surface area contributed by atoms with Crippen LogP contribution >= 0.6 is 15.9 Å². The van der Waals surface area contributed by atoms with Crippen molar-refractivity contribution in [3.05, 3.63) is 46.0 Å². The van der Waals surface area contributed by atoms with Gasteiger partial charge in [0.2, 0.25) is 0 Å². The molecule has 22 heavy (non-hydrogen) atoms. The van der Waals surface area contributed by atoms with Crippen molar-refractivity contribution in [2.75, 3.05) is 0 Å². The molecule has 1 aliphatic rings. The quantitative estimate of drug-likeness (QED) is 0.876. The van der Waals surface area contributed by atoms with Crippen LogP contribution in [0.4, 0.5) is 4.79 Å². The van der Waals surface area contributed by atoms with Crippen molar-refractivity contribution < 1.29 is 4.79 Å². The summed E-state index contributed by atoms with van der Waals surface area (Å²) in [7, 11) is 0. The van der Waals surface area contributed by atoms with E-state index in [9.17, 15) is 4.79 Å². The maximum Gasteiger partial charge on any atom is 0.315 e. The number of urea groups is 1. The average Bonchev–Trinajstić information content (AvgIpc) is 3.09. The predicted molar refractivity (Wildman–Crippen MR) is 86.3 cm³/mol. The van der Waals surface area contributed by atoms with E-state index in [0.717, 1.165) is 41.1 Å². The maximum absolute atomic E-state index is 12.0. The largest absolute Gasteiger partial charge is 0.332 e. The topological polar surface area (TPSA) is 71.8 Å². The van der Waals surface area contributed by atoms with Crippen molar-refractivity contribution >= 4 is 22.0 Å². The number of rotatable bonds is 4. The lowest BCUT2D eigenvalue weighted by Gasteiger charge is -2.15. The molecule has 1 aliphatic heterocycles. The van der Waals surface area contributed by atoms with Crippen LogP contribution in [-0.2, 0) is 19.5 Å². The van der Waals surface area contributed by atoms with Gasteiger partial charge in [-0.15, -0.1) is 10.2 Å². The highest BCUT2D eigenvalue weighted by Crippen LogP contribution is 2.16. The SMILES string of the molecule is CC(NC(=O)NCc1nnc2n1CCC2)c1ccc(Br)cc1. The third kappa shape index (κ3) is 3.30. The maximum atomic E-state index is 12.0. The van der Waals surface area contributed by atoms with E-state index in [4.69, 9.17) is 0 Å². The molecule has 2 amide bonds. The molecule has 0 aliphatic carbocycles. The molecule has 1 aromatic carbocycles. The van der Waals surface area contributed by atoms with Gasteiger partial charge in [-0.1, -0.05) is 28.1 Å². The Labute approximate surface area is 137 Å². The standard InChI is InChI=1S/C15H18BrN5O/c1-10(11-4-6-12(16)7-5-11)18-15(22)17-9-14-20-19-13-3-2-8-21(13)14/h4-7,10H,2-3,8-9H2,1H3,(H2,17,18,22). The molecule has 116 valence electrons. The number of nitrogens with one attached hydrogen (secondary N) is 2. The molecule has 0 bridgehead atoms. The zero-order valence-corrected chi connectivity index (χ0v) is 13.9. The van der Waals surface area contributed by atoms with Crippen molar-refractivity contribution in [3.63, 3.8) is 0 Å². The minimum absolute atomic E-state index is 0.0581. The van der Waals surface area contributed by atoms with Crippen LogP contribution in [0.15, 0.2) is 28.7 Å². The molecular weight excluding hydrogens is 346 g/mol. The Morgan fingerprint density at radius 2 is 2.14 bits per heavy atom. The molecule has 0 saturated heterocycles. The molecule has 0 spiro atoms. The van der Waals surface area contributed by atoms with Crippen LogP contribution in [0, 0.1) is 0 Å². The van der Waals surface area contributed by atoms with E-state index < -0.39 is 0 Å². The molecule has 2 N–H and O–H groups in total. The third-order valence-electron chi connectivity index (χ3n) is 3.81. The van der Waals surface area contributed by atoms with Crippen molar-refractivity contribution in [3.8, 4) is 0 Å². The second kappa shape index (κ2) is 6.48. The molecular formula is C15H18BrN5O. The van der Waals surface area contributed by atoms with Crippen LogP contribution in [0.1, 0.15) is 36.6 Å². The van der Waals surface area contributed by atoms with Gasteiger partial charge in [-0.25, -0.2) is 4.79 Å². The van der Waals surface area contributed by atoms with E-state index in [1.54, 1.807) is 0 Å². The summed E-state index contributed by atoms with van der Waals surface area (Å²) in [6.45, 7) is 3.29. The molecule has 2 aromatic rings. The summed E-state index contributed by atoms with van der Waals surface area (Å²) in [5, 5.41) is 14.0. The van der Waals surface area contributed by atoms with Crippen LogP contribution in [0.2, 0.25) is 0 Å². The second-order valence-electron chi connectivity index (χ2n) is 5.39. The molecule has 1 atom stereocenters. The minimum Gasteiger partial charge on any atom is -0.332 e. The number of amides is 2. The Hall–Kier alpha value is -1.89. The number of carbonyl (C=O) groups excluding carboxylic acids is 1. The molecule has 6 nitrogen and oxygen atoms in total. The van der Waals surface area contributed by atoms with Crippen molar-refractivity contribution in [1.82, 2.24) is 25.4 Å². The number of aromatic nitrogens is 3. The first kappa shape index (κ1) is 15.0. The van der Waals surface area contributed by atoms with Gasteiger partial charge < -0.3 is 15.2 Å². The van der Waals surface area contributed by atoms with Crippen LogP contribution < -0.4 is 10.6 Å². The number of hydrogen-bond acceptors (Lipinski definition) is 3. The monoisotopic (exact) mass is 363 g/mol. The molecule has 0 saturated carbocycles. The fraction of sp³-hybridized carbons (Fsp3) is 0.400. The Morgan fingerprint density at radius 1 is 1.36 bits per heavy atom. The van der Waals surface area contributed by atoms with Gasteiger partial charge in [0.05, 0.1) is 12.6 Å².